The topological polar surface area (TPSA) is 12.9 Å². The van der Waals surface area contributed by atoms with Crippen molar-refractivity contribution >= 4 is 17.6 Å². The van der Waals surface area contributed by atoms with Crippen molar-refractivity contribution < 1.29 is 0 Å². The van der Waals surface area contributed by atoms with Gasteiger partial charge in [-0.05, 0) is 37.5 Å². The first kappa shape index (κ1) is 6.49. The number of rotatable bonds is 1. The Morgan fingerprint density at radius 1 is 1.67 bits per heavy atom. The van der Waals surface area contributed by atoms with E-state index in [0.717, 1.165) is 5.69 Å². The highest BCUT2D eigenvalue weighted by Crippen LogP contribution is 2.09. The number of allylic oxidation sites excluding steroid dienone is 1. The molecule has 0 saturated carbocycles. The molecule has 48 valence electrons. The van der Waals surface area contributed by atoms with Gasteiger partial charge in [0.25, 0.3) is 0 Å². The highest BCUT2D eigenvalue weighted by molar-refractivity contribution is 7.06. The molecule has 1 heterocycles. The number of nitrogens with zero attached hydrogens (tertiary/aromatic N) is 1. The van der Waals surface area contributed by atoms with Crippen molar-refractivity contribution in [3.05, 3.63) is 22.7 Å². The first-order valence-electron chi connectivity index (χ1n) is 2.89. The Balaban J connectivity index is 2.85. The van der Waals surface area contributed by atoms with E-state index in [-0.39, 0.29) is 0 Å². The number of hydrogen-bond acceptors (Lipinski definition) is 2. The van der Waals surface area contributed by atoms with Gasteiger partial charge in [-0.1, -0.05) is 6.08 Å². The molecular formula is C7H9NS. The lowest BCUT2D eigenvalue weighted by Gasteiger charge is -1.74. The van der Waals surface area contributed by atoms with E-state index < -0.39 is 0 Å². The van der Waals surface area contributed by atoms with Gasteiger partial charge in [-0.25, -0.2) is 0 Å². The van der Waals surface area contributed by atoms with Crippen molar-refractivity contribution in [2.75, 3.05) is 0 Å². The second-order valence-corrected chi connectivity index (χ2v) is 2.71. The van der Waals surface area contributed by atoms with Crippen LogP contribution in [-0.4, -0.2) is 4.37 Å². The smallest absolute Gasteiger partial charge is 0.0517 e. The third-order valence-electron chi connectivity index (χ3n) is 0.977. The maximum atomic E-state index is 4.13. The average molecular weight is 139 g/mol. The first-order valence-corrected chi connectivity index (χ1v) is 3.66. The van der Waals surface area contributed by atoms with Gasteiger partial charge in [-0.3, -0.25) is 0 Å². The molecule has 0 aliphatic carbocycles. The average Bonchev–Trinajstić information content (AvgIpc) is 2.17. The Kier molecular flexibility index (Phi) is 2.01. The summed E-state index contributed by atoms with van der Waals surface area (Å²) in [6.45, 7) is 4.01. The van der Waals surface area contributed by atoms with Gasteiger partial charge < -0.3 is 0 Å². The highest BCUT2D eigenvalue weighted by atomic mass is 32.1. The zero-order chi connectivity index (χ0) is 6.69. The molecule has 0 amide bonds. The second kappa shape index (κ2) is 2.78. The SMILES string of the molecule is C/C=C/c1cc(C)ns1. The summed E-state index contributed by atoms with van der Waals surface area (Å²) in [7, 11) is 0. The Morgan fingerprint density at radius 3 is 2.89 bits per heavy atom. The minimum Gasteiger partial charge on any atom is -0.197 e. The zero-order valence-corrected chi connectivity index (χ0v) is 6.40. The third-order valence-corrected chi connectivity index (χ3v) is 1.82. The standard InChI is InChI=1S/C7H9NS/c1-3-4-7-5-6(2)8-9-7/h3-5H,1-2H3/b4-3+. The molecule has 0 aliphatic rings. The maximum Gasteiger partial charge on any atom is 0.0517 e. The monoisotopic (exact) mass is 139 g/mol. The van der Waals surface area contributed by atoms with E-state index in [4.69, 9.17) is 0 Å². The van der Waals surface area contributed by atoms with Crippen molar-refractivity contribution in [3.8, 4) is 0 Å². The van der Waals surface area contributed by atoms with Gasteiger partial charge in [0.15, 0.2) is 0 Å². The molecule has 0 N–H and O–H groups in total. The molecule has 0 aliphatic heterocycles. The van der Waals surface area contributed by atoms with E-state index in [2.05, 4.69) is 16.5 Å². The quantitative estimate of drug-likeness (QED) is 0.582. The molecular weight excluding hydrogens is 130 g/mol. The maximum absolute atomic E-state index is 4.13. The molecule has 2 heteroatoms. The summed E-state index contributed by atoms with van der Waals surface area (Å²) in [5.41, 5.74) is 1.10. The summed E-state index contributed by atoms with van der Waals surface area (Å²) in [5.74, 6) is 0. The fraction of sp³-hybridized carbons (Fsp3) is 0.286. The molecule has 0 spiro atoms. The van der Waals surface area contributed by atoms with Gasteiger partial charge in [-0.2, -0.15) is 4.37 Å². The molecule has 9 heavy (non-hydrogen) atoms. The lowest BCUT2D eigenvalue weighted by Crippen LogP contribution is -1.59. The summed E-state index contributed by atoms with van der Waals surface area (Å²) in [4.78, 5) is 1.23. The molecule has 1 rings (SSSR count). The minimum atomic E-state index is 1.10. The Bertz CT molecular complexity index is 212. The van der Waals surface area contributed by atoms with E-state index in [9.17, 15) is 0 Å². The molecule has 1 aromatic rings. The molecule has 1 aromatic heterocycles. The van der Waals surface area contributed by atoms with Crippen molar-refractivity contribution in [1.29, 1.82) is 0 Å². The van der Waals surface area contributed by atoms with Crippen LogP contribution in [0.1, 0.15) is 17.5 Å². The molecule has 0 bridgehead atoms. The van der Waals surface area contributed by atoms with Crippen LogP contribution in [0.5, 0.6) is 0 Å². The van der Waals surface area contributed by atoms with Crippen molar-refractivity contribution in [2.24, 2.45) is 0 Å². The highest BCUT2D eigenvalue weighted by Gasteiger charge is 1.89. The van der Waals surface area contributed by atoms with Crippen LogP contribution in [0.2, 0.25) is 0 Å². The molecule has 1 nitrogen and oxygen atoms in total. The van der Waals surface area contributed by atoms with E-state index >= 15 is 0 Å². The number of hydrogen-bond donors (Lipinski definition) is 0. The normalized spacial score (nSPS) is 10.9. The summed E-state index contributed by atoms with van der Waals surface area (Å²) in [6.07, 6.45) is 4.08. The van der Waals surface area contributed by atoms with Crippen LogP contribution >= 0.6 is 11.5 Å². The van der Waals surface area contributed by atoms with Gasteiger partial charge in [0.05, 0.1) is 5.69 Å². The van der Waals surface area contributed by atoms with Crippen LogP contribution in [0.15, 0.2) is 12.1 Å². The van der Waals surface area contributed by atoms with Crippen LogP contribution in [0.4, 0.5) is 0 Å². The van der Waals surface area contributed by atoms with Crippen LogP contribution in [0.25, 0.3) is 6.08 Å². The van der Waals surface area contributed by atoms with Gasteiger partial charge in [0.2, 0.25) is 0 Å². The predicted molar refractivity (Wildman–Crippen MR) is 41.6 cm³/mol. The molecule has 0 aromatic carbocycles. The summed E-state index contributed by atoms with van der Waals surface area (Å²) in [6, 6.07) is 2.07. The van der Waals surface area contributed by atoms with Crippen LogP contribution in [0, 0.1) is 6.92 Å². The molecule has 0 saturated heterocycles. The van der Waals surface area contributed by atoms with Crippen molar-refractivity contribution in [1.82, 2.24) is 4.37 Å². The summed E-state index contributed by atoms with van der Waals surface area (Å²) < 4.78 is 4.13. The molecule has 0 atom stereocenters. The minimum absolute atomic E-state index is 1.10. The van der Waals surface area contributed by atoms with Gasteiger partial charge >= 0.3 is 0 Å². The van der Waals surface area contributed by atoms with E-state index in [1.807, 2.05) is 19.9 Å². The Labute approximate surface area is 59.2 Å². The molecule has 0 unspecified atom stereocenters. The first-order chi connectivity index (χ1) is 4.33. The zero-order valence-electron chi connectivity index (χ0n) is 5.59. The second-order valence-electron chi connectivity index (χ2n) is 1.87. The summed E-state index contributed by atoms with van der Waals surface area (Å²) in [5, 5.41) is 0. The van der Waals surface area contributed by atoms with Crippen LogP contribution in [-0.2, 0) is 0 Å². The van der Waals surface area contributed by atoms with E-state index in [1.54, 1.807) is 0 Å². The summed E-state index contributed by atoms with van der Waals surface area (Å²) >= 11 is 1.54. The molecule has 0 radical (unpaired) electrons. The van der Waals surface area contributed by atoms with Gasteiger partial charge in [0, 0.05) is 4.88 Å². The van der Waals surface area contributed by atoms with Gasteiger partial charge in [0.1, 0.15) is 0 Å². The lowest BCUT2D eigenvalue weighted by molar-refractivity contribution is 1.35. The fourth-order valence-corrected chi connectivity index (χ4v) is 1.35. The van der Waals surface area contributed by atoms with Gasteiger partial charge in [-0.15, -0.1) is 0 Å². The van der Waals surface area contributed by atoms with Crippen LogP contribution in [0.3, 0.4) is 0 Å². The lowest BCUT2D eigenvalue weighted by atomic mass is 10.4. The van der Waals surface area contributed by atoms with Crippen molar-refractivity contribution in [2.45, 2.75) is 13.8 Å². The molecule has 0 fully saturated rings. The number of aryl methyl sites for hydroxylation is 1. The van der Waals surface area contributed by atoms with Crippen LogP contribution < -0.4 is 0 Å². The van der Waals surface area contributed by atoms with Crippen molar-refractivity contribution in [3.63, 3.8) is 0 Å². The fourth-order valence-electron chi connectivity index (χ4n) is 0.626. The number of aromatic nitrogens is 1. The third kappa shape index (κ3) is 1.64. The van der Waals surface area contributed by atoms with E-state index in [0.29, 0.717) is 0 Å². The Morgan fingerprint density at radius 2 is 2.44 bits per heavy atom. The largest absolute Gasteiger partial charge is 0.197 e. The van der Waals surface area contributed by atoms with E-state index in [1.165, 1.54) is 16.4 Å². The predicted octanol–water partition coefficient (Wildman–Crippen LogP) is 2.48. The Hall–Kier alpha value is -0.630.